The molecule has 3 aromatic rings. The van der Waals surface area contributed by atoms with Crippen LogP contribution in [0.25, 0.3) is 10.9 Å². The molecule has 0 saturated carbocycles. The number of carbonyl (C=O) groups is 2. The molecular formula is C23H26N4O3. The van der Waals surface area contributed by atoms with Crippen LogP contribution in [0.2, 0.25) is 0 Å². The first-order valence-corrected chi connectivity index (χ1v) is 10.2. The summed E-state index contributed by atoms with van der Waals surface area (Å²) in [5, 5.41) is 16.8. The first-order valence-electron chi connectivity index (χ1n) is 10.2. The van der Waals surface area contributed by atoms with E-state index in [0.29, 0.717) is 13.1 Å². The maximum atomic E-state index is 12.5. The average Bonchev–Trinajstić information content (AvgIpc) is 3.15. The molecule has 1 aliphatic rings. The Kier molecular flexibility index (Phi) is 5.99. The number of H-pyrrole nitrogens is 1. The molecule has 0 radical (unpaired) electrons. The van der Waals surface area contributed by atoms with Gasteiger partial charge in [0.05, 0.1) is 12.6 Å². The first-order chi connectivity index (χ1) is 14.6. The third-order valence-electron chi connectivity index (χ3n) is 5.48. The van der Waals surface area contributed by atoms with Gasteiger partial charge in [0, 0.05) is 42.7 Å². The molecule has 0 fully saturated rings. The highest BCUT2D eigenvalue weighted by Crippen LogP contribution is 2.27. The van der Waals surface area contributed by atoms with Gasteiger partial charge >= 0.3 is 6.03 Å². The number of hydrogen-bond acceptors (Lipinski definition) is 3. The van der Waals surface area contributed by atoms with Crippen LogP contribution in [0.1, 0.15) is 29.3 Å². The number of aromatic amines is 1. The zero-order valence-corrected chi connectivity index (χ0v) is 16.7. The zero-order valence-electron chi connectivity index (χ0n) is 16.7. The molecule has 0 aliphatic carbocycles. The Labute approximate surface area is 175 Å². The molecule has 4 N–H and O–H groups in total. The number of aliphatic hydroxyl groups excluding tert-OH is 1. The van der Waals surface area contributed by atoms with E-state index in [1.807, 2.05) is 48.5 Å². The highest BCUT2D eigenvalue weighted by atomic mass is 16.3. The maximum Gasteiger partial charge on any atom is 0.317 e. The fourth-order valence-corrected chi connectivity index (χ4v) is 3.85. The van der Waals surface area contributed by atoms with E-state index in [2.05, 4.69) is 21.7 Å². The van der Waals surface area contributed by atoms with Gasteiger partial charge in [0.15, 0.2) is 0 Å². The summed E-state index contributed by atoms with van der Waals surface area (Å²) in [5.41, 5.74) is 4.21. The van der Waals surface area contributed by atoms with Crippen molar-refractivity contribution < 1.29 is 14.7 Å². The highest BCUT2D eigenvalue weighted by molar-refractivity contribution is 5.85. The second kappa shape index (κ2) is 9.00. The number of benzene rings is 2. The Morgan fingerprint density at radius 3 is 2.67 bits per heavy atom. The van der Waals surface area contributed by atoms with Crippen LogP contribution in [0.3, 0.4) is 0 Å². The molecule has 2 heterocycles. The van der Waals surface area contributed by atoms with Gasteiger partial charge in [0.25, 0.3) is 0 Å². The van der Waals surface area contributed by atoms with Crippen molar-refractivity contribution in [3.05, 3.63) is 71.4 Å². The lowest BCUT2D eigenvalue weighted by Gasteiger charge is -2.27. The lowest BCUT2D eigenvalue weighted by atomic mass is 10.0. The molecule has 3 amide bonds. The second-order valence-corrected chi connectivity index (χ2v) is 7.51. The molecule has 0 bridgehead atoms. The van der Waals surface area contributed by atoms with Crippen molar-refractivity contribution in [1.29, 1.82) is 0 Å². The van der Waals surface area contributed by atoms with E-state index >= 15 is 0 Å². The van der Waals surface area contributed by atoms with Crippen molar-refractivity contribution in [2.75, 3.05) is 19.6 Å². The molecule has 1 aliphatic heterocycles. The van der Waals surface area contributed by atoms with Crippen molar-refractivity contribution in [3.63, 3.8) is 0 Å². The molecule has 7 nitrogen and oxygen atoms in total. The average molecular weight is 406 g/mol. The van der Waals surface area contributed by atoms with Gasteiger partial charge in [0.1, 0.15) is 0 Å². The molecular weight excluding hydrogens is 380 g/mol. The third kappa shape index (κ3) is 4.46. The fourth-order valence-electron chi connectivity index (χ4n) is 3.85. The predicted octanol–water partition coefficient (Wildman–Crippen LogP) is 2.48. The number of aromatic nitrogens is 1. The largest absolute Gasteiger partial charge is 0.387 e. The number of amides is 3. The topological polar surface area (TPSA) is 97.5 Å². The fraction of sp³-hybridized carbons (Fsp3) is 0.304. The highest BCUT2D eigenvalue weighted by Gasteiger charge is 2.23. The molecule has 7 heteroatoms. The number of para-hydroxylation sites is 1. The summed E-state index contributed by atoms with van der Waals surface area (Å²) in [5.74, 6) is -0.207. The van der Waals surface area contributed by atoms with Crippen molar-refractivity contribution in [2.45, 2.75) is 25.5 Å². The summed E-state index contributed by atoms with van der Waals surface area (Å²) in [7, 11) is 0. The van der Waals surface area contributed by atoms with Gasteiger partial charge in [-0.25, -0.2) is 4.79 Å². The minimum Gasteiger partial charge on any atom is -0.387 e. The minimum absolute atomic E-state index is 0.145. The number of hydrogen-bond donors (Lipinski definition) is 4. The number of nitrogens with one attached hydrogen (secondary N) is 3. The van der Waals surface area contributed by atoms with E-state index in [-0.39, 0.29) is 31.4 Å². The van der Waals surface area contributed by atoms with Gasteiger partial charge in [-0.05, 0) is 23.6 Å². The molecule has 0 spiro atoms. The predicted molar refractivity (Wildman–Crippen MR) is 115 cm³/mol. The number of rotatable bonds is 6. The summed E-state index contributed by atoms with van der Waals surface area (Å²) < 4.78 is 0. The van der Waals surface area contributed by atoms with E-state index in [4.69, 9.17) is 0 Å². The van der Waals surface area contributed by atoms with Crippen LogP contribution >= 0.6 is 0 Å². The van der Waals surface area contributed by atoms with E-state index in [9.17, 15) is 14.7 Å². The zero-order chi connectivity index (χ0) is 20.9. The molecule has 2 aromatic carbocycles. The van der Waals surface area contributed by atoms with Gasteiger partial charge in [-0.2, -0.15) is 0 Å². The first kappa shape index (κ1) is 20.0. The quantitative estimate of drug-likeness (QED) is 0.506. The Bertz CT molecular complexity index is 1030. The van der Waals surface area contributed by atoms with Crippen LogP contribution in [-0.4, -0.2) is 46.6 Å². The number of nitrogens with zero attached hydrogens (tertiary/aromatic N) is 1. The number of aliphatic hydroxyl groups is 1. The van der Waals surface area contributed by atoms with Crippen LogP contribution in [0.15, 0.2) is 54.6 Å². The summed E-state index contributed by atoms with van der Waals surface area (Å²) in [4.78, 5) is 29.7. The van der Waals surface area contributed by atoms with Crippen LogP contribution in [0.5, 0.6) is 0 Å². The van der Waals surface area contributed by atoms with Crippen molar-refractivity contribution in [3.8, 4) is 0 Å². The van der Waals surface area contributed by atoms with Gasteiger partial charge in [0.2, 0.25) is 5.91 Å². The lowest BCUT2D eigenvalue weighted by molar-refractivity contribution is -0.121. The Morgan fingerprint density at radius 2 is 1.83 bits per heavy atom. The molecule has 1 atom stereocenters. The molecule has 0 saturated heterocycles. The maximum absolute atomic E-state index is 12.5. The van der Waals surface area contributed by atoms with Crippen molar-refractivity contribution in [1.82, 2.24) is 20.5 Å². The van der Waals surface area contributed by atoms with Gasteiger partial charge in [-0.1, -0.05) is 48.5 Å². The van der Waals surface area contributed by atoms with Gasteiger partial charge in [-0.15, -0.1) is 0 Å². The van der Waals surface area contributed by atoms with Crippen LogP contribution in [0.4, 0.5) is 4.79 Å². The standard InChI is InChI=1S/C23H26N4O3/c28-21(16-6-2-1-3-7-16)14-25-22(29)10-12-24-23(30)27-13-11-18-17-8-4-5-9-19(17)26-20(18)15-27/h1-9,21,26,28H,10-15H2,(H,24,30)(H,25,29). The summed E-state index contributed by atoms with van der Waals surface area (Å²) in [6.07, 6.45) is 0.229. The SMILES string of the molecule is O=C(CCNC(=O)N1CCc2c([nH]c3ccccc23)C1)NCC(O)c1ccccc1. The number of urea groups is 1. The van der Waals surface area contributed by atoms with Gasteiger partial charge < -0.3 is 25.6 Å². The second-order valence-electron chi connectivity index (χ2n) is 7.51. The lowest BCUT2D eigenvalue weighted by Crippen LogP contribution is -2.43. The smallest absolute Gasteiger partial charge is 0.317 e. The number of fused-ring (bicyclic) bond motifs is 3. The Morgan fingerprint density at radius 1 is 1.07 bits per heavy atom. The summed E-state index contributed by atoms with van der Waals surface area (Å²) in [6.45, 7) is 1.58. The normalized spacial score (nSPS) is 14.2. The monoisotopic (exact) mass is 406 g/mol. The molecule has 4 rings (SSSR count). The van der Waals surface area contributed by atoms with Crippen LogP contribution in [-0.2, 0) is 17.8 Å². The van der Waals surface area contributed by atoms with E-state index < -0.39 is 6.10 Å². The van der Waals surface area contributed by atoms with E-state index in [1.165, 1.54) is 10.9 Å². The molecule has 30 heavy (non-hydrogen) atoms. The minimum atomic E-state index is -0.747. The number of carbonyl (C=O) groups excluding carboxylic acids is 2. The molecule has 1 aromatic heterocycles. The van der Waals surface area contributed by atoms with E-state index in [1.54, 1.807) is 4.90 Å². The van der Waals surface area contributed by atoms with E-state index in [0.717, 1.165) is 23.2 Å². The Balaban J connectivity index is 1.21. The third-order valence-corrected chi connectivity index (χ3v) is 5.48. The molecule has 1 unspecified atom stereocenters. The molecule has 156 valence electrons. The Hall–Kier alpha value is -3.32. The summed E-state index contributed by atoms with van der Waals surface area (Å²) in [6, 6.07) is 17.2. The summed E-state index contributed by atoms with van der Waals surface area (Å²) >= 11 is 0. The van der Waals surface area contributed by atoms with Crippen LogP contribution < -0.4 is 10.6 Å². The van der Waals surface area contributed by atoms with Crippen molar-refractivity contribution >= 4 is 22.8 Å². The van der Waals surface area contributed by atoms with Crippen molar-refractivity contribution in [2.24, 2.45) is 0 Å². The van der Waals surface area contributed by atoms with Gasteiger partial charge in [-0.3, -0.25) is 4.79 Å². The van der Waals surface area contributed by atoms with Crippen LogP contribution in [0, 0.1) is 0 Å².